The van der Waals surface area contributed by atoms with Crippen molar-refractivity contribution in [3.63, 3.8) is 0 Å². The number of hydrogen-bond donors (Lipinski definition) is 1. The lowest BCUT2D eigenvalue weighted by atomic mass is 10.0. The highest BCUT2D eigenvalue weighted by molar-refractivity contribution is 7.90. The molecule has 4 aromatic carbocycles. The van der Waals surface area contributed by atoms with Crippen LogP contribution in [0.4, 0.5) is 5.69 Å². The zero-order valence-electron chi connectivity index (χ0n) is 22.3. The van der Waals surface area contributed by atoms with E-state index in [1.165, 1.54) is 29.6 Å². The van der Waals surface area contributed by atoms with Gasteiger partial charge in [-0.25, -0.2) is 21.6 Å². The van der Waals surface area contributed by atoms with Crippen molar-refractivity contribution in [2.75, 3.05) is 11.9 Å². The standard InChI is InChI=1S/C30H27N3O6S2/c1-21-9-6-7-14-27(21)33-20-23-12-8-13-26(28(23)30(33)35)29(34)31-40(36,37)24-15-17-25(18-16-24)41(38,39)32(2)19-22-10-4-3-5-11-22/h3-18H,19-20H2,1-2H3,(H,31,34). The van der Waals surface area contributed by atoms with Gasteiger partial charge in [0.1, 0.15) is 0 Å². The highest BCUT2D eigenvalue weighted by Gasteiger charge is 2.34. The number of para-hydroxylation sites is 1. The molecule has 0 spiro atoms. The molecule has 0 bridgehead atoms. The lowest BCUT2D eigenvalue weighted by Crippen LogP contribution is -2.32. The Kier molecular flexibility index (Phi) is 7.52. The van der Waals surface area contributed by atoms with Gasteiger partial charge >= 0.3 is 0 Å². The molecule has 0 saturated heterocycles. The fourth-order valence-corrected chi connectivity index (χ4v) is 6.87. The monoisotopic (exact) mass is 589 g/mol. The molecular weight excluding hydrogens is 562 g/mol. The van der Waals surface area contributed by atoms with Gasteiger partial charge in [-0.05, 0) is 60.0 Å². The first-order chi connectivity index (χ1) is 19.5. The Labute approximate surface area is 239 Å². The first kappa shape index (κ1) is 28.2. The van der Waals surface area contributed by atoms with Crippen LogP contribution in [-0.2, 0) is 33.1 Å². The summed E-state index contributed by atoms with van der Waals surface area (Å²) in [7, 11) is -6.84. The van der Waals surface area contributed by atoms with Gasteiger partial charge in [-0.15, -0.1) is 0 Å². The van der Waals surface area contributed by atoms with Gasteiger partial charge in [0.15, 0.2) is 0 Å². The van der Waals surface area contributed by atoms with Gasteiger partial charge in [-0.2, -0.15) is 4.31 Å². The van der Waals surface area contributed by atoms with E-state index in [-0.39, 0.29) is 34.0 Å². The molecule has 2 amide bonds. The van der Waals surface area contributed by atoms with Crippen molar-refractivity contribution < 1.29 is 26.4 Å². The molecule has 0 fully saturated rings. The summed E-state index contributed by atoms with van der Waals surface area (Å²) in [5.74, 6) is -1.35. The summed E-state index contributed by atoms with van der Waals surface area (Å²) in [6.45, 7) is 2.27. The number of carbonyl (C=O) groups excluding carboxylic acids is 2. The number of nitrogens with zero attached hydrogens (tertiary/aromatic N) is 2. The zero-order chi connectivity index (χ0) is 29.4. The molecule has 0 aliphatic carbocycles. The van der Waals surface area contributed by atoms with Gasteiger partial charge in [-0.1, -0.05) is 60.7 Å². The molecule has 1 aliphatic heterocycles. The van der Waals surface area contributed by atoms with Gasteiger partial charge in [0, 0.05) is 19.3 Å². The summed E-state index contributed by atoms with van der Waals surface area (Å²) in [4.78, 5) is 27.7. The van der Waals surface area contributed by atoms with Crippen LogP contribution in [0, 0.1) is 6.92 Å². The van der Waals surface area contributed by atoms with Gasteiger partial charge in [0.2, 0.25) is 10.0 Å². The van der Waals surface area contributed by atoms with Crippen molar-refractivity contribution in [2.24, 2.45) is 0 Å². The predicted octanol–water partition coefficient (Wildman–Crippen LogP) is 4.09. The second kappa shape index (κ2) is 10.9. The average molecular weight is 590 g/mol. The van der Waals surface area contributed by atoms with E-state index in [1.807, 2.05) is 54.1 Å². The third-order valence-corrected chi connectivity index (χ3v) is 10.1. The lowest BCUT2D eigenvalue weighted by molar-refractivity contribution is 0.0956. The Balaban J connectivity index is 1.34. The molecule has 0 atom stereocenters. The molecule has 1 heterocycles. The van der Waals surface area contributed by atoms with Crippen LogP contribution in [0.2, 0.25) is 0 Å². The van der Waals surface area contributed by atoms with Crippen LogP contribution in [0.25, 0.3) is 0 Å². The Bertz CT molecular complexity index is 1860. The maximum Gasteiger partial charge on any atom is 0.265 e. The van der Waals surface area contributed by atoms with Crippen LogP contribution in [-0.4, -0.2) is 40.0 Å². The molecule has 1 aliphatic rings. The Morgan fingerprint density at radius 2 is 1.46 bits per heavy atom. The van der Waals surface area contributed by atoms with Crippen LogP contribution in [0.5, 0.6) is 0 Å². The van der Waals surface area contributed by atoms with E-state index in [1.54, 1.807) is 29.2 Å². The molecule has 0 radical (unpaired) electrons. The van der Waals surface area contributed by atoms with Crippen LogP contribution in [0.15, 0.2) is 107 Å². The first-order valence-corrected chi connectivity index (χ1v) is 15.6. The third-order valence-electron chi connectivity index (χ3n) is 6.91. The van der Waals surface area contributed by atoms with E-state index in [9.17, 15) is 26.4 Å². The quantitative estimate of drug-likeness (QED) is 0.331. The summed E-state index contributed by atoms with van der Waals surface area (Å²) >= 11 is 0. The minimum Gasteiger partial charge on any atom is -0.304 e. The molecule has 0 saturated carbocycles. The minimum absolute atomic E-state index is 0.0612. The molecule has 41 heavy (non-hydrogen) atoms. The Morgan fingerprint density at radius 3 is 2.15 bits per heavy atom. The summed E-state index contributed by atoms with van der Waals surface area (Å²) < 4.78 is 55.4. The SMILES string of the molecule is Cc1ccccc1N1Cc2cccc(C(=O)NS(=O)(=O)c3ccc(S(=O)(=O)N(C)Cc4ccccc4)cc3)c2C1=O. The largest absolute Gasteiger partial charge is 0.304 e. The number of sulfonamides is 2. The van der Waals surface area contributed by atoms with E-state index < -0.39 is 31.9 Å². The van der Waals surface area contributed by atoms with Crippen molar-refractivity contribution in [2.45, 2.75) is 29.8 Å². The minimum atomic E-state index is -4.38. The highest BCUT2D eigenvalue weighted by Crippen LogP contribution is 2.32. The van der Waals surface area contributed by atoms with Crippen LogP contribution >= 0.6 is 0 Å². The number of amides is 2. The van der Waals surface area contributed by atoms with Crippen molar-refractivity contribution in [1.29, 1.82) is 0 Å². The average Bonchev–Trinajstić information content (AvgIpc) is 3.29. The first-order valence-electron chi connectivity index (χ1n) is 12.7. The second-order valence-corrected chi connectivity index (χ2v) is 13.4. The maximum absolute atomic E-state index is 13.3. The second-order valence-electron chi connectivity index (χ2n) is 9.67. The topological polar surface area (TPSA) is 121 Å². The summed E-state index contributed by atoms with van der Waals surface area (Å²) in [5, 5.41) is 0. The fraction of sp³-hybridized carbons (Fsp3) is 0.133. The summed E-state index contributed by atoms with van der Waals surface area (Å²) in [5.41, 5.74) is 3.09. The van der Waals surface area contributed by atoms with Crippen molar-refractivity contribution in [3.8, 4) is 0 Å². The normalized spacial score (nSPS) is 13.3. The van der Waals surface area contributed by atoms with Crippen LogP contribution < -0.4 is 9.62 Å². The number of fused-ring (bicyclic) bond motifs is 1. The summed E-state index contributed by atoms with van der Waals surface area (Å²) in [6, 6.07) is 25.8. The molecule has 1 N–H and O–H groups in total. The van der Waals surface area contributed by atoms with E-state index in [0.717, 1.165) is 23.3 Å². The molecule has 4 aromatic rings. The van der Waals surface area contributed by atoms with Gasteiger partial charge in [-0.3, -0.25) is 9.59 Å². The third kappa shape index (κ3) is 5.51. The smallest absolute Gasteiger partial charge is 0.265 e. The number of rotatable bonds is 8. The Morgan fingerprint density at radius 1 is 0.829 bits per heavy atom. The molecule has 9 nitrogen and oxygen atoms in total. The van der Waals surface area contributed by atoms with E-state index >= 15 is 0 Å². The molecule has 0 unspecified atom stereocenters. The molecular formula is C30H27N3O6S2. The number of benzene rings is 4. The van der Waals surface area contributed by atoms with Crippen molar-refractivity contribution in [1.82, 2.24) is 9.03 Å². The number of aryl methyl sites for hydroxylation is 1. The summed E-state index contributed by atoms with van der Waals surface area (Å²) in [6.07, 6.45) is 0. The van der Waals surface area contributed by atoms with Crippen molar-refractivity contribution >= 4 is 37.5 Å². The fourth-order valence-electron chi connectivity index (χ4n) is 4.74. The van der Waals surface area contributed by atoms with E-state index in [2.05, 4.69) is 0 Å². The van der Waals surface area contributed by atoms with Gasteiger partial charge in [0.25, 0.3) is 21.8 Å². The van der Waals surface area contributed by atoms with Gasteiger partial charge < -0.3 is 4.90 Å². The molecule has 5 rings (SSSR count). The highest BCUT2D eigenvalue weighted by atomic mass is 32.2. The Hall–Kier alpha value is -4.32. The lowest BCUT2D eigenvalue weighted by Gasteiger charge is -2.18. The molecule has 210 valence electrons. The maximum atomic E-state index is 13.3. The van der Waals surface area contributed by atoms with Crippen molar-refractivity contribution in [3.05, 3.63) is 125 Å². The molecule has 0 aromatic heterocycles. The van der Waals surface area contributed by atoms with Crippen LogP contribution in [0.1, 0.15) is 37.4 Å². The zero-order valence-corrected chi connectivity index (χ0v) is 23.9. The van der Waals surface area contributed by atoms with E-state index in [4.69, 9.17) is 0 Å². The number of carbonyl (C=O) groups is 2. The number of anilines is 1. The number of nitrogens with one attached hydrogen (secondary N) is 1. The predicted molar refractivity (Wildman–Crippen MR) is 154 cm³/mol. The van der Waals surface area contributed by atoms with Gasteiger partial charge in [0.05, 0.1) is 27.5 Å². The van der Waals surface area contributed by atoms with Crippen LogP contribution in [0.3, 0.4) is 0 Å². The van der Waals surface area contributed by atoms with E-state index in [0.29, 0.717) is 11.3 Å². The number of hydrogen-bond acceptors (Lipinski definition) is 6. The molecule has 11 heteroatoms.